The molecule has 5 heteroatoms. The monoisotopic (exact) mass is 320 g/mol. The van der Waals surface area contributed by atoms with Crippen molar-refractivity contribution in [2.24, 2.45) is 5.73 Å². The first-order valence-corrected chi connectivity index (χ1v) is 8.88. The van der Waals surface area contributed by atoms with Gasteiger partial charge in [0.2, 0.25) is 11.8 Å². The summed E-state index contributed by atoms with van der Waals surface area (Å²) in [6.07, 6.45) is 3.21. The van der Waals surface area contributed by atoms with Gasteiger partial charge in [-0.15, -0.1) is 11.8 Å². The summed E-state index contributed by atoms with van der Waals surface area (Å²) in [6, 6.07) is 6.47. The SMILES string of the molecule is Cc1cccc([C@@H]2CCCCN2C(=O)CSCC(N)=O)c1C. The summed E-state index contributed by atoms with van der Waals surface area (Å²) in [5.74, 6) is 0.261. The zero-order valence-electron chi connectivity index (χ0n) is 13.3. The fraction of sp³-hybridized carbons (Fsp3) is 0.529. The van der Waals surface area contributed by atoms with Gasteiger partial charge in [0, 0.05) is 6.54 Å². The molecule has 1 aliphatic rings. The third kappa shape index (κ3) is 4.03. The van der Waals surface area contributed by atoms with Crippen molar-refractivity contribution in [1.29, 1.82) is 0 Å². The van der Waals surface area contributed by atoms with E-state index in [9.17, 15) is 9.59 Å². The van der Waals surface area contributed by atoms with E-state index < -0.39 is 0 Å². The van der Waals surface area contributed by atoms with Crippen molar-refractivity contribution in [3.8, 4) is 0 Å². The average Bonchev–Trinajstić information content (AvgIpc) is 2.49. The number of likely N-dealkylation sites (tertiary alicyclic amines) is 1. The van der Waals surface area contributed by atoms with Crippen LogP contribution in [0.4, 0.5) is 0 Å². The lowest BCUT2D eigenvalue weighted by atomic mass is 9.90. The van der Waals surface area contributed by atoms with E-state index in [4.69, 9.17) is 5.73 Å². The zero-order valence-corrected chi connectivity index (χ0v) is 14.1. The standard InChI is InChI=1S/C17H24N2O2S/c1-12-6-5-7-14(13(12)2)15-8-3-4-9-19(15)17(21)11-22-10-16(18)20/h5-7,15H,3-4,8-11H2,1-2H3,(H2,18,20)/t15-/m0/s1. The minimum Gasteiger partial charge on any atom is -0.369 e. The molecule has 1 fully saturated rings. The van der Waals surface area contributed by atoms with E-state index in [1.807, 2.05) is 4.90 Å². The third-order valence-corrected chi connectivity index (χ3v) is 5.24. The molecular weight excluding hydrogens is 296 g/mol. The van der Waals surface area contributed by atoms with Crippen molar-refractivity contribution >= 4 is 23.6 Å². The van der Waals surface area contributed by atoms with Crippen molar-refractivity contribution in [3.63, 3.8) is 0 Å². The van der Waals surface area contributed by atoms with Crippen molar-refractivity contribution in [1.82, 2.24) is 4.90 Å². The van der Waals surface area contributed by atoms with Crippen LogP contribution in [0.1, 0.15) is 42.0 Å². The highest BCUT2D eigenvalue weighted by Crippen LogP contribution is 2.34. The molecule has 4 nitrogen and oxygen atoms in total. The Labute approximate surface area is 136 Å². The number of benzene rings is 1. The second kappa shape index (κ2) is 7.68. The number of carbonyl (C=O) groups is 2. The number of carbonyl (C=O) groups excluding carboxylic acids is 2. The molecule has 120 valence electrons. The van der Waals surface area contributed by atoms with Gasteiger partial charge >= 0.3 is 0 Å². The van der Waals surface area contributed by atoms with Gasteiger partial charge < -0.3 is 10.6 Å². The fourth-order valence-electron chi connectivity index (χ4n) is 3.01. The van der Waals surface area contributed by atoms with Crippen molar-refractivity contribution in [2.45, 2.75) is 39.2 Å². The Bertz CT molecular complexity index is 560. The van der Waals surface area contributed by atoms with Crippen LogP contribution in [-0.2, 0) is 9.59 Å². The number of rotatable bonds is 5. The van der Waals surface area contributed by atoms with Gasteiger partial charge in [0.25, 0.3) is 0 Å². The Morgan fingerprint density at radius 3 is 2.77 bits per heavy atom. The second-order valence-corrected chi connectivity index (χ2v) is 6.83. The molecule has 2 N–H and O–H groups in total. The Morgan fingerprint density at radius 2 is 2.05 bits per heavy atom. The van der Waals surface area contributed by atoms with Crippen molar-refractivity contribution in [3.05, 3.63) is 34.9 Å². The van der Waals surface area contributed by atoms with Crippen LogP contribution in [0.15, 0.2) is 18.2 Å². The zero-order chi connectivity index (χ0) is 16.1. The minimum absolute atomic E-state index is 0.108. The summed E-state index contributed by atoms with van der Waals surface area (Å²) in [5, 5.41) is 0. The maximum absolute atomic E-state index is 12.5. The maximum Gasteiger partial charge on any atom is 0.233 e. The highest BCUT2D eigenvalue weighted by Gasteiger charge is 2.28. The number of thioether (sulfide) groups is 1. The first kappa shape index (κ1) is 16.9. The van der Waals surface area contributed by atoms with Crippen LogP contribution in [0.2, 0.25) is 0 Å². The van der Waals surface area contributed by atoms with E-state index in [1.54, 1.807) is 0 Å². The molecule has 0 bridgehead atoms. The molecule has 0 aliphatic carbocycles. The number of hydrogen-bond acceptors (Lipinski definition) is 3. The fourth-order valence-corrected chi connectivity index (χ4v) is 3.65. The first-order chi connectivity index (χ1) is 10.5. The highest BCUT2D eigenvalue weighted by atomic mass is 32.2. The van der Waals surface area contributed by atoms with Crippen LogP contribution < -0.4 is 5.73 Å². The Kier molecular flexibility index (Phi) is 5.89. The highest BCUT2D eigenvalue weighted by molar-refractivity contribution is 8.00. The van der Waals surface area contributed by atoms with E-state index in [2.05, 4.69) is 32.0 Å². The molecule has 1 saturated heterocycles. The number of piperidine rings is 1. The minimum atomic E-state index is -0.373. The maximum atomic E-state index is 12.5. The summed E-state index contributed by atoms with van der Waals surface area (Å²) in [4.78, 5) is 25.3. The number of aryl methyl sites for hydroxylation is 1. The van der Waals surface area contributed by atoms with E-state index in [0.717, 1.165) is 25.8 Å². The normalized spacial score (nSPS) is 18.3. The van der Waals surface area contributed by atoms with Crippen LogP contribution in [0.25, 0.3) is 0 Å². The number of amides is 2. The van der Waals surface area contributed by atoms with Gasteiger partial charge in [-0.2, -0.15) is 0 Å². The van der Waals surface area contributed by atoms with Crippen LogP contribution >= 0.6 is 11.8 Å². The topological polar surface area (TPSA) is 63.4 Å². The predicted molar refractivity (Wildman–Crippen MR) is 90.7 cm³/mol. The molecule has 0 spiro atoms. The predicted octanol–water partition coefficient (Wildman–Crippen LogP) is 2.58. The van der Waals surface area contributed by atoms with Gasteiger partial charge in [-0.3, -0.25) is 9.59 Å². The molecule has 0 radical (unpaired) electrons. The van der Waals surface area contributed by atoms with Crippen LogP contribution in [0, 0.1) is 13.8 Å². The Balaban J connectivity index is 2.12. The average molecular weight is 320 g/mol. The molecule has 1 atom stereocenters. The molecular formula is C17H24N2O2S. The first-order valence-electron chi connectivity index (χ1n) is 7.72. The van der Waals surface area contributed by atoms with Gasteiger partial charge in [-0.25, -0.2) is 0 Å². The molecule has 0 aromatic heterocycles. The van der Waals surface area contributed by atoms with Gasteiger partial charge in [0.1, 0.15) is 0 Å². The molecule has 1 aromatic rings. The molecule has 1 heterocycles. The van der Waals surface area contributed by atoms with Crippen LogP contribution in [-0.4, -0.2) is 34.8 Å². The molecule has 1 aromatic carbocycles. The molecule has 2 amide bonds. The van der Waals surface area contributed by atoms with Gasteiger partial charge in [0.05, 0.1) is 17.5 Å². The number of hydrogen-bond donors (Lipinski definition) is 1. The lowest BCUT2D eigenvalue weighted by molar-refractivity contribution is -0.132. The molecule has 2 rings (SSSR count). The lowest BCUT2D eigenvalue weighted by Crippen LogP contribution is -2.40. The summed E-state index contributed by atoms with van der Waals surface area (Å²) in [6.45, 7) is 5.04. The van der Waals surface area contributed by atoms with Gasteiger partial charge in [0.15, 0.2) is 0 Å². The Morgan fingerprint density at radius 1 is 1.27 bits per heavy atom. The van der Waals surface area contributed by atoms with E-state index >= 15 is 0 Å². The quantitative estimate of drug-likeness (QED) is 0.907. The largest absolute Gasteiger partial charge is 0.369 e. The van der Waals surface area contributed by atoms with E-state index in [-0.39, 0.29) is 23.6 Å². The third-order valence-electron chi connectivity index (χ3n) is 4.30. The van der Waals surface area contributed by atoms with Crippen molar-refractivity contribution in [2.75, 3.05) is 18.1 Å². The van der Waals surface area contributed by atoms with Crippen molar-refractivity contribution < 1.29 is 9.59 Å². The molecule has 22 heavy (non-hydrogen) atoms. The number of nitrogens with two attached hydrogens (primary N) is 1. The summed E-state index contributed by atoms with van der Waals surface area (Å²) in [7, 11) is 0. The van der Waals surface area contributed by atoms with E-state index in [0.29, 0.717) is 5.75 Å². The second-order valence-electron chi connectivity index (χ2n) is 5.85. The number of primary amides is 1. The molecule has 0 unspecified atom stereocenters. The summed E-state index contributed by atoms with van der Waals surface area (Å²) >= 11 is 1.30. The van der Waals surface area contributed by atoms with E-state index in [1.165, 1.54) is 28.5 Å². The van der Waals surface area contributed by atoms with Crippen LogP contribution in [0.3, 0.4) is 0 Å². The summed E-state index contributed by atoms with van der Waals surface area (Å²) < 4.78 is 0. The smallest absolute Gasteiger partial charge is 0.233 e. The summed E-state index contributed by atoms with van der Waals surface area (Å²) in [5.41, 5.74) is 8.92. The molecule has 0 saturated carbocycles. The van der Waals surface area contributed by atoms with Gasteiger partial charge in [-0.1, -0.05) is 18.2 Å². The lowest BCUT2D eigenvalue weighted by Gasteiger charge is -2.37. The van der Waals surface area contributed by atoms with Crippen LogP contribution in [0.5, 0.6) is 0 Å². The number of nitrogens with zero attached hydrogens (tertiary/aromatic N) is 1. The van der Waals surface area contributed by atoms with Gasteiger partial charge in [-0.05, 0) is 49.8 Å². The Hall–Kier alpha value is -1.49. The molecule has 1 aliphatic heterocycles.